The van der Waals surface area contributed by atoms with Crippen molar-refractivity contribution in [3.8, 4) is 0 Å². The molecule has 2 heterocycles. The number of aromatic nitrogens is 1. The summed E-state index contributed by atoms with van der Waals surface area (Å²) in [4.78, 5) is 3.45. The normalized spacial score (nSPS) is 20.4. The minimum Gasteiger partial charge on any atom is -0.358 e. The number of H-pyrrole nitrogens is 1. The molecule has 0 spiro atoms. The van der Waals surface area contributed by atoms with Crippen molar-refractivity contribution in [2.45, 2.75) is 38.6 Å². The molecule has 2 aromatic rings. The summed E-state index contributed by atoms with van der Waals surface area (Å²) in [6.45, 7) is 3.32. The van der Waals surface area contributed by atoms with E-state index in [1.165, 1.54) is 35.9 Å². The molecule has 0 amide bonds. The summed E-state index contributed by atoms with van der Waals surface area (Å²) >= 11 is 6.04. The molecule has 1 aromatic heterocycles. The van der Waals surface area contributed by atoms with Crippen molar-refractivity contribution in [2.75, 3.05) is 6.54 Å². The quantitative estimate of drug-likeness (QED) is 0.846. The van der Waals surface area contributed by atoms with Gasteiger partial charge in [-0.15, -0.1) is 0 Å². The van der Waals surface area contributed by atoms with Crippen LogP contribution in [-0.2, 0) is 6.42 Å². The number of aromatic amines is 1. The second-order valence-electron chi connectivity index (χ2n) is 5.27. The van der Waals surface area contributed by atoms with Crippen LogP contribution in [0.1, 0.15) is 30.5 Å². The van der Waals surface area contributed by atoms with Crippen LogP contribution in [-0.4, -0.2) is 17.6 Å². The van der Waals surface area contributed by atoms with Crippen LogP contribution in [0.5, 0.6) is 0 Å². The molecule has 0 saturated carbocycles. The molecule has 0 aliphatic carbocycles. The third-order valence-electron chi connectivity index (χ3n) is 3.94. The van der Waals surface area contributed by atoms with Crippen molar-refractivity contribution in [2.24, 2.45) is 0 Å². The monoisotopic (exact) mass is 262 g/mol. The van der Waals surface area contributed by atoms with Crippen LogP contribution in [0.3, 0.4) is 0 Å². The van der Waals surface area contributed by atoms with Gasteiger partial charge in [0.25, 0.3) is 0 Å². The van der Waals surface area contributed by atoms with Crippen molar-refractivity contribution < 1.29 is 0 Å². The Hall–Kier alpha value is -0.990. The highest BCUT2D eigenvalue weighted by Gasteiger charge is 2.17. The Morgan fingerprint density at radius 3 is 3.00 bits per heavy atom. The van der Waals surface area contributed by atoms with Gasteiger partial charge in [-0.2, -0.15) is 0 Å². The first-order valence-electron chi connectivity index (χ1n) is 6.74. The van der Waals surface area contributed by atoms with Gasteiger partial charge in [-0.3, -0.25) is 0 Å². The highest BCUT2D eigenvalue weighted by atomic mass is 35.5. The van der Waals surface area contributed by atoms with E-state index in [-0.39, 0.29) is 0 Å². The van der Waals surface area contributed by atoms with Crippen molar-refractivity contribution in [3.05, 3.63) is 34.5 Å². The Morgan fingerprint density at radius 1 is 1.33 bits per heavy atom. The first-order chi connectivity index (χ1) is 8.74. The van der Waals surface area contributed by atoms with Crippen LogP contribution in [0.4, 0.5) is 0 Å². The molecule has 18 heavy (non-hydrogen) atoms. The summed E-state index contributed by atoms with van der Waals surface area (Å²) in [5.74, 6) is 0. The third kappa shape index (κ3) is 2.27. The molecule has 1 unspecified atom stereocenters. The Labute approximate surface area is 113 Å². The van der Waals surface area contributed by atoms with Crippen molar-refractivity contribution >= 4 is 22.5 Å². The van der Waals surface area contributed by atoms with Gasteiger partial charge in [0.1, 0.15) is 0 Å². The SMILES string of the molecule is Cc1[nH]c2cc(Cl)ccc2c1CC1CCCCN1. The lowest BCUT2D eigenvalue weighted by atomic mass is 9.96. The van der Waals surface area contributed by atoms with Crippen LogP contribution in [0.2, 0.25) is 5.02 Å². The van der Waals surface area contributed by atoms with E-state index >= 15 is 0 Å². The number of rotatable bonds is 2. The van der Waals surface area contributed by atoms with E-state index in [2.05, 4.69) is 23.3 Å². The molecule has 2 N–H and O–H groups in total. The van der Waals surface area contributed by atoms with Crippen molar-refractivity contribution in [1.82, 2.24) is 10.3 Å². The predicted octanol–water partition coefficient (Wildman–Crippen LogP) is 3.81. The molecular weight excluding hydrogens is 244 g/mol. The van der Waals surface area contributed by atoms with Gasteiger partial charge in [0.2, 0.25) is 0 Å². The van der Waals surface area contributed by atoms with Crippen LogP contribution in [0.15, 0.2) is 18.2 Å². The van der Waals surface area contributed by atoms with Gasteiger partial charge in [0, 0.05) is 27.7 Å². The summed E-state index contributed by atoms with van der Waals surface area (Å²) in [6.07, 6.45) is 5.08. The molecule has 1 aliphatic heterocycles. The molecule has 1 fully saturated rings. The summed E-state index contributed by atoms with van der Waals surface area (Å²) in [5.41, 5.74) is 3.88. The molecule has 1 aliphatic rings. The fourth-order valence-corrected chi connectivity index (χ4v) is 3.14. The zero-order chi connectivity index (χ0) is 12.5. The number of hydrogen-bond acceptors (Lipinski definition) is 1. The molecule has 0 radical (unpaired) electrons. The first-order valence-corrected chi connectivity index (χ1v) is 7.12. The van der Waals surface area contributed by atoms with Crippen LogP contribution < -0.4 is 5.32 Å². The van der Waals surface area contributed by atoms with Crippen molar-refractivity contribution in [1.29, 1.82) is 0 Å². The Balaban J connectivity index is 1.92. The lowest BCUT2D eigenvalue weighted by Gasteiger charge is -2.23. The van der Waals surface area contributed by atoms with Gasteiger partial charge >= 0.3 is 0 Å². The molecule has 0 bridgehead atoms. The highest BCUT2D eigenvalue weighted by Crippen LogP contribution is 2.27. The van der Waals surface area contributed by atoms with Crippen LogP contribution in [0.25, 0.3) is 10.9 Å². The number of benzene rings is 1. The van der Waals surface area contributed by atoms with Gasteiger partial charge in [0.05, 0.1) is 0 Å². The van der Waals surface area contributed by atoms with E-state index in [9.17, 15) is 0 Å². The van der Waals surface area contributed by atoms with E-state index in [0.717, 1.165) is 23.5 Å². The summed E-state index contributed by atoms with van der Waals surface area (Å²) < 4.78 is 0. The molecule has 2 nitrogen and oxygen atoms in total. The maximum atomic E-state index is 6.04. The van der Waals surface area contributed by atoms with Gasteiger partial charge in [-0.1, -0.05) is 24.1 Å². The van der Waals surface area contributed by atoms with Gasteiger partial charge in [-0.05, 0) is 50.4 Å². The molecule has 1 aromatic carbocycles. The highest BCUT2D eigenvalue weighted by molar-refractivity contribution is 6.31. The zero-order valence-corrected chi connectivity index (χ0v) is 11.5. The first kappa shape index (κ1) is 12.1. The second-order valence-corrected chi connectivity index (χ2v) is 5.71. The minimum atomic E-state index is 0.632. The maximum absolute atomic E-state index is 6.04. The predicted molar refractivity (Wildman–Crippen MR) is 77.4 cm³/mol. The maximum Gasteiger partial charge on any atom is 0.0473 e. The second kappa shape index (κ2) is 4.94. The summed E-state index contributed by atoms with van der Waals surface area (Å²) in [7, 11) is 0. The molecule has 1 atom stereocenters. The van der Waals surface area contributed by atoms with Crippen LogP contribution >= 0.6 is 11.6 Å². The Morgan fingerprint density at radius 2 is 2.22 bits per heavy atom. The standard InChI is InChI=1S/C15H19ClN2/c1-10-14(9-12-4-2-3-7-17-12)13-6-5-11(16)8-15(13)18-10/h5-6,8,12,17-18H,2-4,7,9H2,1H3. The number of fused-ring (bicyclic) bond motifs is 1. The Kier molecular flexibility index (Phi) is 3.31. The van der Waals surface area contributed by atoms with E-state index < -0.39 is 0 Å². The fourth-order valence-electron chi connectivity index (χ4n) is 2.97. The summed E-state index contributed by atoms with van der Waals surface area (Å²) in [6, 6.07) is 6.77. The topological polar surface area (TPSA) is 27.8 Å². The van der Waals surface area contributed by atoms with E-state index in [4.69, 9.17) is 11.6 Å². The Bertz CT molecular complexity index is 553. The molecule has 3 heteroatoms. The lowest BCUT2D eigenvalue weighted by molar-refractivity contribution is 0.399. The largest absolute Gasteiger partial charge is 0.358 e. The average Bonchev–Trinajstić information content (AvgIpc) is 2.66. The smallest absolute Gasteiger partial charge is 0.0473 e. The molecule has 3 rings (SSSR count). The van der Waals surface area contributed by atoms with Gasteiger partial charge in [-0.25, -0.2) is 0 Å². The molecule has 96 valence electrons. The average molecular weight is 263 g/mol. The number of nitrogens with one attached hydrogen (secondary N) is 2. The number of halogens is 1. The zero-order valence-electron chi connectivity index (χ0n) is 10.7. The van der Waals surface area contributed by atoms with E-state index in [1.807, 2.05) is 12.1 Å². The summed E-state index contributed by atoms with van der Waals surface area (Å²) in [5, 5.41) is 5.74. The molecule has 1 saturated heterocycles. The van der Waals surface area contributed by atoms with Gasteiger partial charge < -0.3 is 10.3 Å². The lowest BCUT2D eigenvalue weighted by Crippen LogP contribution is -2.35. The number of piperidine rings is 1. The van der Waals surface area contributed by atoms with E-state index in [1.54, 1.807) is 0 Å². The molecular formula is C15H19ClN2. The van der Waals surface area contributed by atoms with Crippen molar-refractivity contribution in [3.63, 3.8) is 0 Å². The number of aryl methyl sites for hydroxylation is 1. The third-order valence-corrected chi connectivity index (χ3v) is 4.18. The minimum absolute atomic E-state index is 0.632. The number of hydrogen-bond donors (Lipinski definition) is 2. The van der Waals surface area contributed by atoms with Crippen LogP contribution in [0, 0.1) is 6.92 Å². The van der Waals surface area contributed by atoms with E-state index in [0.29, 0.717) is 6.04 Å². The van der Waals surface area contributed by atoms with Gasteiger partial charge in [0.15, 0.2) is 0 Å². The fraction of sp³-hybridized carbons (Fsp3) is 0.467.